The molecule has 128 valence electrons. The third kappa shape index (κ3) is 3.76. The van der Waals surface area contributed by atoms with Gasteiger partial charge in [-0.2, -0.15) is 5.10 Å². The van der Waals surface area contributed by atoms with Gasteiger partial charge in [-0.15, -0.1) is 0 Å². The van der Waals surface area contributed by atoms with Crippen molar-refractivity contribution in [2.24, 2.45) is 5.10 Å². The Kier molecular flexibility index (Phi) is 4.60. The number of amides is 2. The number of hydrogen-bond donors (Lipinski definition) is 1. The molecular weight excluding hydrogens is 354 g/mol. The number of hydrazone groups is 1. The zero-order valence-electron chi connectivity index (χ0n) is 12.7. The minimum absolute atomic E-state index is 0.0449. The van der Waals surface area contributed by atoms with Crippen molar-refractivity contribution in [1.82, 2.24) is 5.01 Å². The molecule has 3 rings (SSSR count). The lowest BCUT2D eigenvalue weighted by Crippen LogP contribution is -2.42. The molecule has 24 heavy (non-hydrogen) atoms. The van der Waals surface area contributed by atoms with Crippen LogP contribution in [-0.4, -0.2) is 48.5 Å². The van der Waals surface area contributed by atoms with Crippen LogP contribution in [-0.2, 0) is 19.4 Å². The minimum atomic E-state index is -3.13. The van der Waals surface area contributed by atoms with Gasteiger partial charge in [-0.05, 0) is 30.7 Å². The maximum atomic E-state index is 12.3. The fraction of sp³-hybridized carbons (Fsp3) is 0.400. The van der Waals surface area contributed by atoms with Crippen molar-refractivity contribution in [2.45, 2.75) is 25.3 Å². The maximum absolute atomic E-state index is 12.3. The van der Waals surface area contributed by atoms with E-state index in [2.05, 4.69) is 10.4 Å². The molecule has 0 unspecified atom stereocenters. The van der Waals surface area contributed by atoms with Gasteiger partial charge in [0.1, 0.15) is 5.71 Å². The molecule has 2 aliphatic rings. The summed E-state index contributed by atoms with van der Waals surface area (Å²) < 4.78 is 23.2. The molecular formula is C15H16ClN3O4S. The van der Waals surface area contributed by atoms with Crippen molar-refractivity contribution in [3.05, 3.63) is 29.3 Å². The highest BCUT2D eigenvalue weighted by molar-refractivity contribution is 7.91. The Morgan fingerprint density at radius 3 is 2.58 bits per heavy atom. The molecule has 0 radical (unpaired) electrons. The van der Waals surface area contributed by atoms with E-state index in [4.69, 9.17) is 11.6 Å². The first-order chi connectivity index (χ1) is 11.3. The Hall–Kier alpha value is -1.93. The van der Waals surface area contributed by atoms with Crippen LogP contribution < -0.4 is 5.32 Å². The quantitative estimate of drug-likeness (QED) is 0.872. The van der Waals surface area contributed by atoms with E-state index in [9.17, 15) is 18.0 Å². The van der Waals surface area contributed by atoms with Gasteiger partial charge in [0.05, 0.1) is 17.5 Å². The predicted octanol–water partition coefficient (Wildman–Crippen LogP) is 1.44. The van der Waals surface area contributed by atoms with E-state index in [0.29, 0.717) is 17.1 Å². The molecule has 0 aromatic heterocycles. The zero-order chi connectivity index (χ0) is 17.3. The largest absolute Gasteiger partial charge is 0.321 e. The third-order valence-corrected chi connectivity index (χ3v) is 5.98. The van der Waals surface area contributed by atoms with Crippen LogP contribution in [0.1, 0.15) is 19.3 Å². The Morgan fingerprint density at radius 1 is 1.25 bits per heavy atom. The van der Waals surface area contributed by atoms with Gasteiger partial charge in [0.25, 0.3) is 5.91 Å². The SMILES string of the molecule is O=C(Nc1ccc(Cl)cc1)C1=NN([C@@H]2CCS(=O)(=O)C2)C(=O)CC1. The lowest BCUT2D eigenvalue weighted by atomic mass is 10.1. The molecule has 0 saturated carbocycles. The molecule has 9 heteroatoms. The van der Waals surface area contributed by atoms with Gasteiger partial charge in [-0.25, -0.2) is 13.4 Å². The zero-order valence-corrected chi connectivity index (χ0v) is 14.3. The molecule has 0 aliphatic carbocycles. The number of carbonyl (C=O) groups excluding carboxylic acids is 2. The van der Waals surface area contributed by atoms with E-state index in [1.54, 1.807) is 24.3 Å². The Morgan fingerprint density at radius 2 is 1.96 bits per heavy atom. The van der Waals surface area contributed by atoms with Crippen LogP contribution in [0.3, 0.4) is 0 Å². The van der Waals surface area contributed by atoms with Gasteiger partial charge in [0, 0.05) is 23.6 Å². The summed E-state index contributed by atoms with van der Waals surface area (Å²) in [5, 5.41) is 8.55. The molecule has 1 atom stereocenters. The lowest BCUT2D eigenvalue weighted by Gasteiger charge is -2.27. The summed E-state index contributed by atoms with van der Waals surface area (Å²) in [4.78, 5) is 24.3. The molecule has 1 fully saturated rings. The van der Waals surface area contributed by atoms with E-state index in [1.165, 1.54) is 5.01 Å². The first-order valence-electron chi connectivity index (χ1n) is 7.51. The minimum Gasteiger partial charge on any atom is -0.321 e. The molecule has 2 heterocycles. The number of hydrogen-bond acceptors (Lipinski definition) is 5. The number of anilines is 1. The van der Waals surface area contributed by atoms with E-state index in [0.717, 1.165) is 0 Å². The highest BCUT2D eigenvalue weighted by Gasteiger charge is 2.37. The molecule has 7 nitrogen and oxygen atoms in total. The van der Waals surface area contributed by atoms with Gasteiger partial charge in [0.2, 0.25) is 5.91 Å². The van der Waals surface area contributed by atoms with Gasteiger partial charge >= 0.3 is 0 Å². The van der Waals surface area contributed by atoms with Crippen molar-refractivity contribution < 1.29 is 18.0 Å². The number of carbonyl (C=O) groups is 2. The second kappa shape index (κ2) is 6.52. The second-order valence-electron chi connectivity index (χ2n) is 5.80. The molecule has 0 bridgehead atoms. The number of benzene rings is 1. The normalized spacial score (nSPS) is 23.0. The van der Waals surface area contributed by atoms with E-state index < -0.39 is 21.8 Å². The maximum Gasteiger partial charge on any atom is 0.271 e. The fourth-order valence-corrected chi connectivity index (χ4v) is 4.54. The summed E-state index contributed by atoms with van der Waals surface area (Å²) in [5.74, 6) is -0.715. The predicted molar refractivity (Wildman–Crippen MR) is 90.7 cm³/mol. The highest BCUT2D eigenvalue weighted by atomic mass is 35.5. The van der Waals surface area contributed by atoms with Crippen LogP contribution in [0.2, 0.25) is 5.02 Å². The van der Waals surface area contributed by atoms with Crippen LogP contribution in [0.25, 0.3) is 0 Å². The van der Waals surface area contributed by atoms with Crippen LogP contribution in [0, 0.1) is 0 Å². The summed E-state index contributed by atoms with van der Waals surface area (Å²) in [6.45, 7) is 0. The van der Waals surface area contributed by atoms with Crippen molar-refractivity contribution in [3.63, 3.8) is 0 Å². The van der Waals surface area contributed by atoms with Gasteiger partial charge in [-0.3, -0.25) is 9.59 Å². The number of rotatable bonds is 3. The lowest BCUT2D eigenvalue weighted by molar-refractivity contribution is -0.133. The Labute approximate surface area is 144 Å². The summed E-state index contributed by atoms with van der Waals surface area (Å²) in [6, 6.07) is 6.14. The van der Waals surface area contributed by atoms with Crippen LogP contribution in [0.4, 0.5) is 5.69 Å². The summed E-state index contributed by atoms with van der Waals surface area (Å²) in [6.07, 6.45) is 0.724. The van der Waals surface area contributed by atoms with E-state index >= 15 is 0 Å². The summed E-state index contributed by atoms with van der Waals surface area (Å²) >= 11 is 5.80. The summed E-state index contributed by atoms with van der Waals surface area (Å²) in [5.41, 5.74) is 0.785. The first kappa shape index (κ1) is 16.9. The van der Waals surface area contributed by atoms with E-state index in [1.807, 2.05) is 0 Å². The first-order valence-corrected chi connectivity index (χ1v) is 9.71. The monoisotopic (exact) mass is 369 g/mol. The summed E-state index contributed by atoms with van der Waals surface area (Å²) in [7, 11) is -3.13. The van der Waals surface area contributed by atoms with Gasteiger partial charge in [-0.1, -0.05) is 11.6 Å². The van der Waals surface area contributed by atoms with Crippen LogP contribution in [0.15, 0.2) is 29.4 Å². The Balaban J connectivity index is 1.75. The number of halogens is 1. The Bertz CT molecular complexity index is 805. The van der Waals surface area contributed by atoms with Crippen molar-refractivity contribution in [2.75, 3.05) is 16.8 Å². The molecule has 2 aliphatic heterocycles. The average molecular weight is 370 g/mol. The third-order valence-electron chi connectivity index (χ3n) is 3.98. The standard InChI is InChI=1S/C15H16ClN3O4S/c16-10-1-3-11(4-2-10)17-15(21)13-5-6-14(20)19(18-13)12-7-8-24(22,23)9-12/h1-4,12H,5-9H2,(H,17,21)/t12-/m1/s1. The molecule has 1 N–H and O–H groups in total. The van der Waals surface area contributed by atoms with Gasteiger partial charge in [0.15, 0.2) is 9.84 Å². The molecule has 1 saturated heterocycles. The molecule has 2 amide bonds. The average Bonchev–Trinajstić information content (AvgIpc) is 2.90. The fourth-order valence-electron chi connectivity index (χ4n) is 2.72. The highest BCUT2D eigenvalue weighted by Crippen LogP contribution is 2.22. The number of nitrogens with zero attached hydrogens (tertiary/aromatic N) is 2. The van der Waals surface area contributed by atoms with Gasteiger partial charge < -0.3 is 5.32 Å². The molecule has 1 aromatic rings. The van der Waals surface area contributed by atoms with Crippen molar-refractivity contribution in [1.29, 1.82) is 0 Å². The van der Waals surface area contributed by atoms with Crippen LogP contribution in [0.5, 0.6) is 0 Å². The van der Waals surface area contributed by atoms with Crippen molar-refractivity contribution >= 4 is 44.7 Å². The molecule has 0 spiro atoms. The van der Waals surface area contributed by atoms with E-state index in [-0.39, 0.29) is 36.0 Å². The number of nitrogens with one attached hydrogen (secondary N) is 1. The second-order valence-corrected chi connectivity index (χ2v) is 8.47. The number of sulfone groups is 1. The van der Waals surface area contributed by atoms with Crippen LogP contribution >= 0.6 is 11.6 Å². The smallest absolute Gasteiger partial charge is 0.271 e. The topological polar surface area (TPSA) is 95.9 Å². The molecule has 1 aromatic carbocycles. The van der Waals surface area contributed by atoms with Crippen molar-refractivity contribution in [3.8, 4) is 0 Å².